The summed E-state index contributed by atoms with van der Waals surface area (Å²) in [6.45, 7) is 9.17. The molecule has 10 heteroatoms. The van der Waals surface area contributed by atoms with E-state index in [4.69, 9.17) is 14.2 Å². The van der Waals surface area contributed by atoms with Gasteiger partial charge in [0.25, 0.3) is 5.91 Å². The van der Waals surface area contributed by atoms with E-state index >= 15 is 0 Å². The molecule has 0 aliphatic carbocycles. The van der Waals surface area contributed by atoms with Gasteiger partial charge in [0.05, 0.1) is 12.1 Å². The Labute approximate surface area is 317 Å². The quantitative estimate of drug-likeness (QED) is 0.140. The monoisotopic (exact) mass is 731 g/mol. The maximum absolute atomic E-state index is 14.6. The topological polar surface area (TPSA) is 123 Å². The lowest BCUT2D eigenvalue weighted by Gasteiger charge is -2.39. The number of benzene rings is 4. The van der Waals surface area contributed by atoms with Crippen molar-refractivity contribution in [1.29, 1.82) is 0 Å². The number of hydrogen-bond acceptors (Lipinski definition) is 7. The van der Waals surface area contributed by atoms with E-state index in [0.29, 0.717) is 25.9 Å². The lowest BCUT2D eigenvalue weighted by Crippen LogP contribution is -2.63. The van der Waals surface area contributed by atoms with Gasteiger partial charge in [0.15, 0.2) is 12.2 Å². The standard InChI is InChI=1S/C44H49N3O7/c1-6-26-47(27-25-31-17-16-24-35(28-31)32-18-10-7-11-19-32)41(49)40-38(45-30(2)48)36(46-43(51)54-44(3,4)5)29-37(52-40)42(50)53-39(33-20-12-8-13-21-33)34-22-14-9-15-23-34/h7-24,28-29,36,38-40H,6,25-27H2,1-5H3,(H,45,48)(H,46,51)/t36-,38+,40+/m0/s1. The van der Waals surface area contributed by atoms with Crippen molar-refractivity contribution >= 4 is 23.9 Å². The molecule has 0 unspecified atom stereocenters. The second-order valence-electron chi connectivity index (χ2n) is 14.2. The molecule has 0 radical (unpaired) electrons. The average Bonchev–Trinajstić information content (AvgIpc) is 3.16. The van der Waals surface area contributed by atoms with Crippen LogP contribution in [0.2, 0.25) is 0 Å². The predicted octanol–water partition coefficient (Wildman–Crippen LogP) is 7.15. The normalized spacial score (nSPS) is 16.7. The van der Waals surface area contributed by atoms with Gasteiger partial charge in [-0.1, -0.05) is 122 Å². The van der Waals surface area contributed by atoms with Gasteiger partial charge in [-0.3, -0.25) is 9.59 Å². The summed E-state index contributed by atoms with van der Waals surface area (Å²) < 4.78 is 17.9. The largest absolute Gasteiger partial charge is 0.471 e. The lowest BCUT2D eigenvalue weighted by molar-refractivity contribution is -0.154. The molecular weight excluding hydrogens is 682 g/mol. The Bertz CT molecular complexity index is 1870. The van der Waals surface area contributed by atoms with Crippen molar-refractivity contribution in [3.8, 4) is 11.1 Å². The van der Waals surface area contributed by atoms with Gasteiger partial charge in [-0.05, 0) is 67.5 Å². The van der Waals surface area contributed by atoms with Crippen LogP contribution >= 0.6 is 0 Å². The van der Waals surface area contributed by atoms with Gasteiger partial charge in [0.2, 0.25) is 11.7 Å². The highest BCUT2D eigenvalue weighted by Gasteiger charge is 2.45. The minimum atomic E-state index is -1.39. The minimum absolute atomic E-state index is 0.278. The Morgan fingerprint density at radius 3 is 1.94 bits per heavy atom. The third-order valence-corrected chi connectivity index (χ3v) is 8.74. The number of nitrogens with zero attached hydrogens (tertiary/aromatic N) is 1. The van der Waals surface area contributed by atoms with Crippen LogP contribution < -0.4 is 10.6 Å². The van der Waals surface area contributed by atoms with Crippen LogP contribution in [-0.4, -0.2) is 65.7 Å². The SMILES string of the molecule is CCCN(CCc1cccc(-c2ccccc2)c1)C(=O)[C@@H]1OC(C(=O)OC(c2ccccc2)c2ccccc2)=C[C@H](NC(=O)OC(C)(C)C)[C@H]1NC(C)=O. The van der Waals surface area contributed by atoms with E-state index in [1.807, 2.05) is 116 Å². The fourth-order valence-corrected chi connectivity index (χ4v) is 6.33. The summed E-state index contributed by atoms with van der Waals surface area (Å²) in [6.07, 6.45) is -0.432. The molecule has 1 aliphatic rings. The Kier molecular flexibility index (Phi) is 13.3. The number of hydrogen-bond donors (Lipinski definition) is 2. The number of alkyl carbamates (subject to hydrolysis) is 1. The number of carbonyl (C=O) groups excluding carboxylic acids is 4. The van der Waals surface area contributed by atoms with Crippen molar-refractivity contribution in [2.45, 2.75) is 77.4 Å². The third-order valence-electron chi connectivity index (χ3n) is 8.74. The summed E-state index contributed by atoms with van der Waals surface area (Å²) in [6, 6.07) is 34.6. The first-order valence-electron chi connectivity index (χ1n) is 18.3. The van der Waals surface area contributed by atoms with Crippen LogP contribution in [0, 0.1) is 0 Å². The van der Waals surface area contributed by atoms with Gasteiger partial charge in [-0.25, -0.2) is 9.59 Å². The zero-order chi connectivity index (χ0) is 38.7. The highest BCUT2D eigenvalue weighted by molar-refractivity contribution is 5.90. The molecule has 0 bridgehead atoms. The van der Waals surface area contributed by atoms with E-state index in [-0.39, 0.29) is 5.76 Å². The third kappa shape index (κ3) is 10.8. The first kappa shape index (κ1) is 39.3. The van der Waals surface area contributed by atoms with Crippen LogP contribution in [0.25, 0.3) is 11.1 Å². The van der Waals surface area contributed by atoms with Gasteiger partial charge in [0.1, 0.15) is 5.60 Å². The molecule has 0 saturated heterocycles. The fraction of sp³-hybridized carbons (Fsp3) is 0.318. The Balaban J connectivity index is 1.46. The number of amides is 3. The van der Waals surface area contributed by atoms with Crippen molar-refractivity contribution in [1.82, 2.24) is 15.5 Å². The van der Waals surface area contributed by atoms with E-state index in [1.165, 1.54) is 13.0 Å². The molecule has 4 aromatic rings. The maximum atomic E-state index is 14.6. The Morgan fingerprint density at radius 1 is 0.778 bits per heavy atom. The number of esters is 1. The molecular formula is C44H49N3O7. The van der Waals surface area contributed by atoms with E-state index in [9.17, 15) is 19.2 Å². The van der Waals surface area contributed by atoms with Crippen LogP contribution in [0.4, 0.5) is 4.79 Å². The predicted molar refractivity (Wildman–Crippen MR) is 207 cm³/mol. The van der Waals surface area contributed by atoms with E-state index in [2.05, 4.69) is 16.7 Å². The van der Waals surface area contributed by atoms with Crippen molar-refractivity contribution in [3.63, 3.8) is 0 Å². The van der Waals surface area contributed by atoms with Gasteiger partial charge < -0.3 is 29.7 Å². The Morgan fingerprint density at radius 2 is 1.37 bits per heavy atom. The molecule has 282 valence electrons. The van der Waals surface area contributed by atoms with Gasteiger partial charge in [0, 0.05) is 20.0 Å². The van der Waals surface area contributed by atoms with Crippen molar-refractivity contribution in [2.24, 2.45) is 0 Å². The summed E-state index contributed by atoms with van der Waals surface area (Å²) in [5.41, 5.74) is 3.81. The van der Waals surface area contributed by atoms with Gasteiger partial charge in [-0.15, -0.1) is 0 Å². The molecule has 0 spiro atoms. The molecule has 3 amide bonds. The number of ether oxygens (including phenoxy) is 3. The maximum Gasteiger partial charge on any atom is 0.408 e. The molecule has 10 nitrogen and oxygen atoms in total. The first-order valence-corrected chi connectivity index (χ1v) is 18.3. The lowest BCUT2D eigenvalue weighted by atomic mass is 9.96. The molecule has 1 aliphatic heterocycles. The molecule has 2 N–H and O–H groups in total. The second kappa shape index (κ2) is 18.2. The molecule has 0 saturated carbocycles. The van der Waals surface area contributed by atoms with Crippen LogP contribution in [0.15, 0.2) is 127 Å². The molecule has 54 heavy (non-hydrogen) atoms. The van der Waals surface area contributed by atoms with Crippen molar-refractivity contribution in [3.05, 3.63) is 144 Å². The minimum Gasteiger partial charge on any atom is -0.471 e. The molecule has 0 fully saturated rings. The molecule has 0 aromatic heterocycles. The molecule has 5 rings (SSSR count). The summed E-state index contributed by atoms with van der Waals surface area (Å²) in [7, 11) is 0. The second-order valence-corrected chi connectivity index (χ2v) is 14.2. The number of rotatable bonds is 13. The van der Waals surface area contributed by atoms with E-state index in [0.717, 1.165) is 27.8 Å². The van der Waals surface area contributed by atoms with Crippen LogP contribution in [0.3, 0.4) is 0 Å². The van der Waals surface area contributed by atoms with E-state index < -0.39 is 53.8 Å². The number of carbonyl (C=O) groups is 4. The zero-order valence-electron chi connectivity index (χ0n) is 31.5. The van der Waals surface area contributed by atoms with Gasteiger partial charge >= 0.3 is 12.1 Å². The van der Waals surface area contributed by atoms with Crippen molar-refractivity contribution < 1.29 is 33.4 Å². The van der Waals surface area contributed by atoms with E-state index in [1.54, 1.807) is 25.7 Å². The average molecular weight is 732 g/mol. The summed E-state index contributed by atoms with van der Waals surface area (Å²) in [4.78, 5) is 56.2. The molecule has 3 atom stereocenters. The fourth-order valence-electron chi connectivity index (χ4n) is 6.33. The molecule has 4 aromatic carbocycles. The summed E-state index contributed by atoms with van der Waals surface area (Å²) in [5.74, 6) is -2.03. The first-order chi connectivity index (χ1) is 25.9. The highest BCUT2D eigenvalue weighted by atomic mass is 16.6. The van der Waals surface area contributed by atoms with Crippen LogP contribution in [0.1, 0.15) is 63.8 Å². The zero-order valence-corrected chi connectivity index (χ0v) is 31.5. The smallest absolute Gasteiger partial charge is 0.408 e. The summed E-state index contributed by atoms with van der Waals surface area (Å²) in [5, 5.41) is 5.56. The van der Waals surface area contributed by atoms with Crippen LogP contribution in [0.5, 0.6) is 0 Å². The van der Waals surface area contributed by atoms with Crippen molar-refractivity contribution in [2.75, 3.05) is 13.1 Å². The van der Waals surface area contributed by atoms with Crippen LogP contribution in [-0.2, 0) is 35.0 Å². The highest BCUT2D eigenvalue weighted by Crippen LogP contribution is 2.30. The van der Waals surface area contributed by atoms with Gasteiger partial charge in [-0.2, -0.15) is 0 Å². The molecule has 1 heterocycles. The number of nitrogens with one attached hydrogen (secondary N) is 2. The summed E-state index contributed by atoms with van der Waals surface area (Å²) >= 11 is 0. The Hall–Kier alpha value is -5.90.